The number of hydrogen-bond acceptors (Lipinski definition) is 0. The quantitative estimate of drug-likeness (QED) is 0.0716. The molecule has 0 aromatic heterocycles. The largest absolute Gasteiger partial charge is 0.203 e. The Kier molecular flexibility index (Phi) is 9.02. The van der Waals surface area contributed by atoms with Crippen molar-refractivity contribution in [1.82, 2.24) is 0 Å². The molecule has 0 aliphatic carbocycles. The number of benzene rings is 8. The Hall–Kier alpha value is -6.60. The first kappa shape index (κ1) is 40.2. The van der Waals surface area contributed by atoms with Crippen LogP contribution in [0.25, 0.3) is 76.8 Å². The molecule has 60 heavy (non-hydrogen) atoms. The van der Waals surface area contributed by atoms with Crippen molar-refractivity contribution in [3.8, 4) is 44.5 Å². The molecule has 0 unspecified atom stereocenters. The SMILES string of the molecule is Fc1c(F)c(F)c(-c2cc(-c3c(F)c(F)c(F)c(F)c3F)c3ccc4c(-c5c(F)c(F)c(F)c(F)c5F)cc(-c5c(F)c(F)c(F)c(F)c5F)c5ccc2c3c54)c(F)c1F. The highest BCUT2D eigenvalue weighted by Gasteiger charge is 2.35. The van der Waals surface area contributed by atoms with Crippen LogP contribution >= 0.6 is 0 Å². The Labute approximate surface area is 317 Å². The summed E-state index contributed by atoms with van der Waals surface area (Å²) in [6.45, 7) is 0. The van der Waals surface area contributed by atoms with E-state index in [1.165, 1.54) is 0 Å². The van der Waals surface area contributed by atoms with E-state index in [1.807, 2.05) is 0 Å². The second kappa shape index (κ2) is 13.5. The molecule has 306 valence electrons. The van der Waals surface area contributed by atoms with Gasteiger partial charge < -0.3 is 0 Å². The molecular weight excluding hydrogens is 860 g/mol. The van der Waals surface area contributed by atoms with Crippen molar-refractivity contribution < 1.29 is 87.8 Å². The van der Waals surface area contributed by atoms with Gasteiger partial charge in [-0.1, -0.05) is 24.3 Å². The normalized spacial score (nSPS) is 12.0. The summed E-state index contributed by atoms with van der Waals surface area (Å²) in [5.74, 6) is -53.8. The minimum atomic E-state index is -2.76. The Bertz CT molecular complexity index is 2720. The predicted octanol–water partition coefficient (Wildman–Crippen LogP) is 14.0. The van der Waals surface area contributed by atoms with E-state index in [9.17, 15) is 52.7 Å². The minimum Gasteiger partial charge on any atom is -0.203 e. The summed E-state index contributed by atoms with van der Waals surface area (Å²) in [5, 5.41) is -5.51. The summed E-state index contributed by atoms with van der Waals surface area (Å²) in [6.07, 6.45) is 0. The van der Waals surface area contributed by atoms with Gasteiger partial charge in [0.2, 0.25) is 23.3 Å². The molecule has 0 radical (unpaired) electrons. The maximum Gasteiger partial charge on any atom is 0.200 e. The first-order chi connectivity index (χ1) is 28.1. The maximum absolute atomic E-state index is 15.5. The van der Waals surface area contributed by atoms with E-state index in [-0.39, 0.29) is 12.1 Å². The van der Waals surface area contributed by atoms with Crippen LogP contribution in [0.5, 0.6) is 0 Å². The van der Waals surface area contributed by atoms with Gasteiger partial charge in [-0.05, 0) is 66.7 Å². The van der Waals surface area contributed by atoms with E-state index in [0.29, 0.717) is 24.3 Å². The summed E-state index contributed by atoms with van der Waals surface area (Å²) >= 11 is 0. The highest BCUT2D eigenvalue weighted by atomic mass is 19.2. The fourth-order valence-electron chi connectivity index (χ4n) is 7.19. The fraction of sp³-hybridized carbons (Fsp3) is 0. The van der Waals surface area contributed by atoms with Crippen molar-refractivity contribution >= 4 is 32.3 Å². The van der Waals surface area contributed by atoms with Crippen molar-refractivity contribution in [2.24, 2.45) is 0 Å². The van der Waals surface area contributed by atoms with Crippen LogP contribution in [0.15, 0.2) is 36.4 Å². The van der Waals surface area contributed by atoms with Crippen molar-refractivity contribution in [2.45, 2.75) is 0 Å². The third-order valence-electron chi connectivity index (χ3n) is 9.82. The number of hydrogen-bond donors (Lipinski definition) is 0. The first-order valence-corrected chi connectivity index (χ1v) is 16.0. The average molecular weight is 866 g/mol. The highest BCUT2D eigenvalue weighted by Crippen LogP contribution is 2.52. The van der Waals surface area contributed by atoms with Crippen molar-refractivity contribution in [1.29, 1.82) is 0 Å². The molecular formula is C40H6F20. The van der Waals surface area contributed by atoms with Gasteiger partial charge in [-0.3, -0.25) is 0 Å². The van der Waals surface area contributed by atoms with Crippen molar-refractivity contribution in [2.75, 3.05) is 0 Å². The molecule has 0 fully saturated rings. The zero-order valence-electron chi connectivity index (χ0n) is 28.0. The minimum absolute atomic E-state index is 0.189. The Balaban J connectivity index is 1.71. The molecule has 0 atom stereocenters. The molecule has 0 amide bonds. The second-order valence-electron chi connectivity index (χ2n) is 12.8. The van der Waals surface area contributed by atoms with Crippen LogP contribution in [-0.2, 0) is 0 Å². The van der Waals surface area contributed by atoms with Gasteiger partial charge in [-0.2, -0.15) is 0 Å². The Morgan fingerprint density at radius 1 is 0.183 bits per heavy atom. The summed E-state index contributed by atoms with van der Waals surface area (Å²) in [4.78, 5) is 0. The summed E-state index contributed by atoms with van der Waals surface area (Å²) in [7, 11) is 0. The lowest BCUT2D eigenvalue weighted by Crippen LogP contribution is -2.08. The molecule has 0 spiro atoms. The lowest BCUT2D eigenvalue weighted by molar-refractivity contribution is 0.381. The molecule has 0 saturated heterocycles. The van der Waals surface area contributed by atoms with E-state index >= 15 is 35.1 Å². The molecule has 0 nitrogen and oxygen atoms in total. The van der Waals surface area contributed by atoms with Crippen molar-refractivity contribution in [3.05, 3.63) is 153 Å². The summed E-state index contributed by atoms with van der Waals surface area (Å²) in [6, 6.07) is 2.74. The van der Waals surface area contributed by atoms with Crippen LogP contribution in [0.2, 0.25) is 0 Å². The van der Waals surface area contributed by atoms with Crippen LogP contribution < -0.4 is 0 Å². The van der Waals surface area contributed by atoms with Gasteiger partial charge >= 0.3 is 0 Å². The summed E-state index contributed by atoms with van der Waals surface area (Å²) in [5.41, 5.74) is -13.3. The predicted molar refractivity (Wildman–Crippen MR) is 171 cm³/mol. The van der Waals surface area contributed by atoms with E-state index < -0.39 is 193 Å². The van der Waals surface area contributed by atoms with Crippen LogP contribution in [0.4, 0.5) is 87.8 Å². The molecule has 0 bridgehead atoms. The zero-order valence-corrected chi connectivity index (χ0v) is 28.0. The van der Waals surface area contributed by atoms with Gasteiger partial charge in [0.25, 0.3) is 0 Å². The third-order valence-corrected chi connectivity index (χ3v) is 9.82. The Morgan fingerprint density at radius 2 is 0.317 bits per heavy atom. The summed E-state index contributed by atoms with van der Waals surface area (Å²) < 4.78 is 299. The fourth-order valence-corrected chi connectivity index (χ4v) is 7.19. The molecule has 0 aliphatic heterocycles. The molecule has 20 heteroatoms. The van der Waals surface area contributed by atoms with E-state index in [4.69, 9.17) is 0 Å². The van der Waals surface area contributed by atoms with Crippen LogP contribution in [0.1, 0.15) is 0 Å². The van der Waals surface area contributed by atoms with Crippen LogP contribution in [-0.4, -0.2) is 0 Å². The second-order valence-corrected chi connectivity index (χ2v) is 12.8. The smallest absolute Gasteiger partial charge is 0.200 e. The first-order valence-electron chi connectivity index (χ1n) is 16.0. The lowest BCUT2D eigenvalue weighted by atomic mass is 9.81. The van der Waals surface area contributed by atoms with Gasteiger partial charge in [-0.15, -0.1) is 0 Å². The van der Waals surface area contributed by atoms with Gasteiger partial charge in [0.05, 0.1) is 22.3 Å². The van der Waals surface area contributed by atoms with Gasteiger partial charge in [0.1, 0.15) is 0 Å². The maximum atomic E-state index is 15.5. The molecule has 8 rings (SSSR count). The molecule has 0 N–H and O–H groups in total. The topological polar surface area (TPSA) is 0 Å². The molecule has 0 heterocycles. The monoisotopic (exact) mass is 866 g/mol. The molecule has 0 aliphatic rings. The molecule has 8 aromatic carbocycles. The van der Waals surface area contributed by atoms with E-state index in [1.54, 1.807) is 0 Å². The zero-order chi connectivity index (χ0) is 43.9. The van der Waals surface area contributed by atoms with Gasteiger partial charge in [0, 0.05) is 0 Å². The van der Waals surface area contributed by atoms with Gasteiger partial charge in [-0.25, -0.2) is 87.8 Å². The lowest BCUT2D eigenvalue weighted by Gasteiger charge is -2.23. The highest BCUT2D eigenvalue weighted by molar-refractivity contribution is 6.32. The van der Waals surface area contributed by atoms with Crippen LogP contribution in [0, 0.1) is 116 Å². The standard InChI is InChI=1S/C40H6F20/c41-21-17(22(42)30(50)37(57)29(21)49)11-5-13(19-25(45)33(53)39(59)34(54)26(19)46)9-3-4-10-14(20-27(47)35(55)40(60)36(56)28(20)48)6-12(8-2-1-7(11)15(9)16(8)10)18-23(43)31(51)38(58)32(52)24(18)44/h1-6H. The average Bonchev–Trinajstić information content (AvgIpc) is 3.23. The Morgan fingerprint density at radius 3 is 0.467 bits per heavy atom. The van der Waals surface area contributed by atoms with Crippen LogP contribution in [0.3, 0.4) is 0 Å². The molecule has 0 saturated carbocycles. The van der Waals surface area contributed by atoms with E-state index in [2.05, 4.69) is 0 Å². The molecule has 8 aromatic rings. The van der Waals surface area contributed by atoms with Crippen molar-refractivity contribution in [3.63, 3.8) is 0 Å². The number of rotatable bonds is 4. The number of halogens is 20. The van der Waals surface area contributed by atoms with E-state index in [0.717, 1.165) is 0 Å². The third kappa shape index (κ3) is 5.14. The van der Waals surface area contributed by atoms with Gasteiger partial charge in [0.15, 0.2) is 93.1 Å².